The molecule has 2 nitrogen and oxygen atoms in total. The highest BCUT2D eigenvalue weighted by molar-refractivity contribution is 6.55. The maximum atomic E-state index is 6.17. The Kier molecular flexibility index (Phi) is 7.43. The van der Waals surface area contributed by atoms with Gasteiger partial charge in [0.05, 0.1) is 11.2 Å². The lowest BCUT2D eigenvalue weighted by Gasteiger charge is -2.32. The van der Waals surface area contributed by atoms with Crippen LogP contribution in [0.2, 0.25) is 0 Å². The van der Waals surface area contributed by atoms with E-state index in [1.165, 1.54) is 5.57 Å². The van der Waals surface area contributed by atoms with Gasteiger partial charge < -0.3 is 9.31 Å². The molecule has 0 atom stereocenters. The van der Waals surface area contributed by atoms with Crippen molar-refractivity contribution in [3.05, 3.63) is 84.0 Å². The van der Waals surface area contributed by atoms with E-state index >= 15 is 0 Å². The lowest BCUT2D eigenvalue weighted by Crippen LogP contribution is -2.41. The van der Waals surface area contributed by atoms with Crippen molar-refractivity contribution in [1.29, 1.82) is 0 Å². The molecule has 1 saturated heterocycles. The summed E-state index contributed by atoms with van der Waals surface area (Å²) in [7, 11) is -0.433. The molecule has 0 N–H and O–H groups in total. The fourth-order valence-corrected chi connectivity index (χ4v) is 2.37. The first-order chi connectivity index (χ1) is 11.9. The predicted octanol–water partition coefficient (Wildman–Crippen LogP) is 6.31. The second-order valence-electron chi connectivity index (χ2n) is 7.87. The van der Waals surface area contributed by atoms with Gasteiger partial charge in [-0.2, -0.15) is 0 Å². The summed E-state index contributed by atoms with van der Waals surface area (Å²) in [5, 5.41) is 0. The molecule has 1 rings (SSSR count). The second-order valence-corrected chi connectivity index (χ2v) is 7.87. The van der Waals surface area contributed by atoms with Gasteiger partial charge in [0.15, 0.2) is 0 Å². The van der Waals surface area contributed by atoms with Crippen molar-refractivity contribution in [3.63, 3.8) is 0 Å². The number of rotatable bonds is 7. The van der Waals surface area contributed by atoms with E-state index in [2.05, 4.69) is 73.4 Å². The molecular weight excluding hydrogens is 319 g/mol. The monoisotopic (exact) mass is 352 g/mol. The van der Waals surface area contributed by atoms with Crippen LogP contribution in [0, 0.1) is 0 Å². The van der Waals surface area contributed by atoms with Gasteiger partial charge in [-0.25, -0.2) is 0 Å². The van der Waals surface area contributed by atoms with Gasteiger partial charge in [0.25, 0.3) is 0 Å². The van der Waals surface area contributed by atoms with Gasteiger partial charge >= 0.3 is 7.12 Å². The van der Waals surface area contributed by atoms with Crippen molar-refractivity contribution >= 4 is 7.12 Å². The first kappa shape index (κ1) is 22.2. The summed E-state index contributed by atoms with van der Waals surface area (Å²) in [5.41, 5.74) is 4.46. The first-order valence-corrected chi connectivity index (χ1v) is 8.99. The maximum absolute atomic E-state index is 6.17. The van der Waals surface area contributed by atoms with Crippen molar-refractivity contribution in [2.24, 2.45) is 0 Å². The average molecular weight is 352 g/mol. The van der Waals surface area contributed by atoms with Crippen molar-refractivity contribution in [2.45, 2.75) is 59.7 Å². The van der Waals surface area contributed by atoms with Gasteiger partial charge in [0.2, 0.25) is 0 Å². The third-order valence-electron chi connectivity index (χ3n) is 4.88. The van der Waals surface area contributed by atoms with Crippen molar-refractivity contribution in [2.75, 3.05) is 0 Å². The van der Waals surface area contributed by atoms with Crippen LogP contribution in [0.1, 0.15) is 48.5 Å². The quantitative estimate of drug-likeness (QED) is 0.395. The lowest BCUT2D eigenvalue weighted by molar-refractivity contribution is 0.00578. The highest BCUT2D eigenvalue weighted by Gasteiger charge is 2.51. The van der Waals surface area contributed by atoms with Crippen LogP contribution in [0.3, 0.4) is 0 Å². The Hall–Kier alpha value is -1.84. The number of hydrogen-bond acceptors (Lipinski definition) is 2. The average Bonchev–Trinajstić information content (AvgIpc) is 2.73. The molecule has 1 aliphatic heterocycles. The summed E-state index contributed by atoms with van der Waals surface area (Å²) in [5.74, 6) is 0. The molecule has 0 amide bonds. The zero-order valence-electron chi connectivity index (χ0n) is 17.5. The SMILES string of the molecule is C=C/C=C\C(=C\C(/C=C(\C=C)B1OC(C)(C)C(C)(C)O1)=C(C)C)C(=C)C. The van der Waals surface area contributed by atoms with Crippen molar-refractivity contribution < 1.29 is 9.31 Å². The van der Waals surface area contributed by atoms with Crippen molar-refractivity contribution in [1.82, 2.24) is 0 Å². The smallest absolute Gasteiger partial charge is 0.399 e. The molecule has 3 heteroatoms. The first-order valence-electron chi connectivity index (χ1n) is 8.99. The predicted molar refractivity (Wildman–Crippen MR) is 115 cm³/mol. The van der Waals surface area contributed by atoms with E-state index in [-0.39, 0.29) is 11.2 Å². The van der Waals surface area contributed by atoms with Crippen LogP contribution in [0.25, 0.3) is 0 Å². The molecule has 26 heavy (non-hydrogen) atoms. The zero-order valence-corrected chi connectivity index (χ0v) is 17.5. The molecule has 140 valence electrons. The molecule has 1 aliphatic rings. The fraction of sp³-hybridized carbons (Fsp3) is 0.391. The topological polar surface area (TPSA) is 18.5 Å². The Morgan fingerprint density at radius 1 is 0.923 bits per heavy atom. The Morgan fingerprint density at radius 3 is 1.85 bits per heavy atom. The van der Waals surface area contributed by atoms with E-state index in [1.807, 2.05) is 19.1 Å². The maximum Gasteiger partial charge on any atom is 0.494 e. The van der Waals surface area contributed by atoms with E-state index < -0.39 is 7.12 Å². The van der Waals surface area contributed by atoms with Crippen LogP contribution in [0.4, 0.5) is 0 Å². The van der Waals surface area contributed by atoms with Gasteiger partial charge in [-0.3, -0.25) is 0 Å². The molecule has 1 heterocycles. The Morgan fingerprint density at radius 2 is 1.46 bits per heavy atom. The largest absolute Gasteiger partial charge is 0.494 e. The minimum Gasteiger partial charge on any atom is -0.399 e. The van der Waals surface area contributed by atoms with Crippen LogP contribution in [0.5, 0.6) is 0 Å². The molecule has 0 aromatic carbocycles. The summed E-state index contributed by atoms with van der Waals surface area (Å²) in [4.78, 5) is 0. The van der Waals surface area contributed by atoms with Gasteiger partial charge in [0, 0.05) is 0 Å². The Labute approximate surface area is 160 Å². The Balaban J connectivity index is 3.32. The lowest BCUT2D eigenvalue weighted by atomic mass is 9.76. The van der Waals surface area contributed by atoms with Crippen LogP contribution in [0.15, 0.2) is 84.0 Å². The molecule has 0 aliphatic carbocycles. The molecule has 0 aromatic heterocycles. The summed E-state index contributed by atoms with van der Waals surface area (Å²) in [6.45, 7) is 26.1. The van der Waals surface area contributed by atoms with E-state index in [0.29, 0.717) is 0 Å². The van der Waals surface area contributed by atoms with Crippen LogP contribution >= 0.6 is 0 Å². The molecule has 0 radical (unpaired) electrons. The van der Waals surface area contributed by atoms with Gasteiger partial charge in [-0.15, -0.1) is 0 Å². The van der Waals surface area contributed by atoms with Crippen LogP contribution in [-0.4, -0.2) is 18.3 Å². The molecule has 0 bridgehead atoms. The number of allylic oxidation sites excluding steroid dienone is 11. The summed E-state index contributed by atoms with van der Waals surface area (Å²) < 4.78 is 12.3. The molecule has 0 unspecified atom stereocenters. The van der Waals surface area contributed by atoms with Gasteiger partial charge in [-0.1, -0.05) is 61.3 Å². The van der Waals surface area contributed by atoms with Gasteiger partial charge in [0.1, 0.15) is 0 Å². The molecule has 0 spiro atoms. The van der Waals surface area contributed by atoms with E-state index in [0.717, 1.165) is 22.2 Å². The zero-order chi connectivity index (χ0) is 20.1. The van der Waals surface area contributed by atoms with Crippen LogP contribution < -0.4 is 0 Å². The third-order valence-corrected chi connectivity index (χ3v) is 4.88. The fourth-order valence-electron chi connectivity index (χ4n) is 2.37. The summed E-state index contributed by atoms with van der Waals surface area (Å²) in [6.07, 6.45) is 11.7. The van der Waals surface area contributed by atoms with Crippen molar-refractivity contribution in [3.8, 4) is 0 Å². The molecule has 0 saturated carbocycles. The van der Waals surface area contributed by atoms with Gasteiger partial charge in [-0.05, 0) is 71.2 Å². The van der Waals surface area contributed by atoms with E-state index in [9.17, 15) is 0 Å². The van der Waals surface area contributed by atoms with E-state index in [4.69, 9.17) is 9.31 Å². The minimum absolute atomic E-state index is 0.379. The minimum atomic E-state index is -0.433. The standard InChI is InChI=1S/C23H33BO2/c1-11-13-14-19(17(3)4)15-20(18(5)6)16-21(12-2)24-25-22(7,8)23(9,10)26-24/h11-16H,1-3H2,4-10H3/b14-13-,19-15-,21-16+. The second kappa shape index (κ2) is 8.70. The summed E-state index contributed by atoms with van der Waals surface area (Å²) >= 11 is 0. The van der Waals surface area contributed by atoms with E-state index in [1.54, 1.807) is 12.2 Å². The summed E-state index contributed by atoms with van der Waals surface area (Å²) in [6, 6.07) is 0. The Bertz CT molecular complexity index is 680. The van der Waals surface area contributed by atoms with Crippen LogP contribution in [-0.2, 0) is 9.31 Å². The third kappa shape index (κ3) is 5.33. The molecule has 0 aromatic rings. The molecular formula is C23H33BO2. The number of hydrogen-bond donors (Lipinski definition) is 0. The highest BCUT2D eigenvalue weighted by Crippen LogP contribution is 2.39. The normalized spacial score (nSPS) is 19.6. The molecule has 1 fully saturated rings. The highest BCUT2D eigenvalue weighted by atomic mass is 16.7.